The topological polar surface area (TPSA) is 66.4 Å². The van der Waals surface area contributed by atoms with E-state index in [2.05, 4.69) is 4.72 Å². The maximum atomic E-state index is 11.9. The van der Waals surface area contributed by atoms with Crippen molar-refractivity contribution in [1.82, 2.24) is 0 Å². The predicted octanol–water partition coefficient (Wildman–Crippen LogP) is 2.84. The Balaban J connectivity index is 2.23. The summed E-state index contributed by atoms with van der Waals surface area (Å²) in [6.07, 6.45) is 1.96. The molecule has 0 aromatic heterocycles. The van der Waals surface area contributed by atoms with Crippen molar-refractivity contribution < 1.29 is 13.5 Å². The van der Waals surface area contributed by atoms with Gasteiger partial charge in [-0.3, -0.25) is 4.72 Å². The Labute approximate surface area is 114 Å². The van der Waals surface area contributed by atoms with E-state index in [4.69, 9.17) is 0 Å². The Kier molecular flexibility index (Phi) is 3.51. The zero-order valence-electron chi connectivity index (χ0n) is 11.6. The van der Waals surface area contributed by atoms with Crippen LogP contribution in [0.4, 0.5) is 5.69 Å². The highest BCUT2D eigenvalue weighted by molar-refractivity contribution is 7.92. The van der Waals surface area contributed by atoms with Crippen LogP contribution in [0.15, 0.2) is 18.2 Å². The fourth-order valence-electron chi connectivity index (χ4n) is 1.89. The number of phenolic OH excluding ortho intramolecular Hbond substituents is 1. The normalized spacial score (nSPS) is 16.4. The molecule has 1 aromatic carbocycles. The van der Waals surface area contributed by atoms with E-state index in [0.717, 1.165) is 18.4 Å². The van der Waals surface area contributed by atoms with E-state index in [0.29, 0.717) is 0 Å². The molecule has 0 aliphatic heterocycles. The first kappa shape index (κ1) is 14.2. The lowest BCUT2D eigenvalue weighted by Gasteiger charge is -2.20. The van der Waals surface area contributed by atoms with Crippen molar-refractivity contribution in [2.24, 2.45) is 5.92 Å². The lowest BCUT2D eigenvalue weighted by atomic mass is 9.87. The molecule has 0 saturated heterocycles. The molecule has 1 aromatic rings. The molecule has 2 N–H and O–H groups in total. The molecule has 1 fully saturated rings. The summed E-state index contributed by atoms with van der Waals surface area (Å²) in [5, 5.41) is 9.79. The van der Waals surface area contributed by atoms with Crippen LogP contribution in [0.1, 0.15) is 39.2 Å². The van der Waals surface area contributed by atoms with E-state index in [1.165, 1.54) is 6.07 Å². The summed E-state index contributed by atoms with van der Waals surface area (Å²) in [6, 6.07) is 5.06. The number of benzene rings is 1. The molecule has 0 amide bonds. The third kappa shape index (κ3) is 3.86. The maximum Gasteiger partial charge on any atom is 0.233 e. The molecule has 0 bridgehead atoms. The second-order valence-electron chi connectivity index (χ2n) is 6.31. The van der Waals surface area contributed by atoms with Crippen molar-refractivity contribution in [3.63, 3.8) is 0 Å². The van der Waals surface area contributed by atoms with E-state index >= 15 is 0 Å². The van der Waals surface area contributed by atoms with Crippen molar-refractivity contribution in [3.8, 4) is 5.75 Å². The van der Waals surface area contributed by atoms with Crippen molar-refractivity contribution >= 4 is 15.7 Å². The molecule has 0 spiro atoms. The molecule has 1 saturated carbocycles. The van der Waals surface area contributed by atoms with Crippen LogP contribution in [-0.4, -0.2) is 19.3 Å². The minimum absolute atomic E-state index is 0.0348. The summed E-state index contributed by atoms with van der Waals surface area (Å²) in [4.78, 5) is 0. The van der Waals surface area contributed by atoms with Crippen LogP contribution in [0.25, 0.3) is 0 Å². The summed E-state index contributed by atoms with van der Waals surface area (Å²) in [5.41, 5.74) is 1.16. The highest BCUT2D eigenvalue weighted by Gasteiger charge is 2.28. The fraction of sp³-hybridized carbons (Fsp3) is 0.571. The average Bonchev–Trinajstić information content (AvgIpc) is 3.02. The van der Waals surface area contributed by atoms with E-state index in [1.54, 1.807) is 6.07 Å². The van der Waals surface area contributed by atoms with Gasteiger partial charge in [-0.2, -0.15) is 0 Å². The highest BCUT2D eigenvalue weighted by Crippen LogP contribution is 2.33. The predicted molar refractivity (Wildman–Crippen MR) is 76.9 cm³/mol. The van der Waals surface area contributed by atoms with Crippen molar-refractivity contribution in [1.29, 1.82) is 0 Å². The second-order valence-corrected chi connectivity index (χ2v) is 8.08. The van der Waals surface area contributed by atoms with Crippen LogP contribution in [0.2, 0.25) is 0 Å². The van der Waals surface area contributed by atoms with E-state index < -0.39 is 10.0 Å². The molecule has 1 aliphatic carbocycles. The van der Waals surface area contributed by atoms with Crippen LogP contribution >= 0.6 is 0 Å². The summed E-state index contributed by atoms with van der Waals surface area (Å²) >= 11 is 0. The quantitative estimate of drug-likeness (QED) is 0.835. The molecular formula is C14H21NO3S. The fourth-order valence-corrected chi connectivity index (χ4v) is 3.42. The molecule has 0 unspecified atom stereocenters. The molecule has 19 heavy (non-hydrogen) atoms. The van der Waals surface area contributed by atoms with Gasteiger partial charge in [-0.15, -0.1) is 0 Å². The van der Waals surface area contributed by atoms with Gasteiger partial charge in [-0.05, 0) is 41.9 Å². The number of hydrogen-bond donors (Lipinski definition) is 2. The SMILES string of the molecule is CC(C)(C)c1ccc(O)c(NS(=O)(=O)CC2CC2)c1. The number of hydrogen-bond acceptors (Lipinski definition) is 3. The lowest BCUT2D eigenvalue weighted by molar-refractivity contribution is 0.476. The Morgan fingerprint density at radius 3 is 2.47 bits per heavy atom. The zero-order chi connectivity index (χ0) is 14.3. The Hall–Kier alpha value is -1.23. The second kappa shape index (κ2) is 4.71. The molecule has 0 atom stereocenters. The molecule has 0 heterocycles. The number of nitrogens with one attached hydrogen (secondary N) is 1. The monoisotopic (exact) mass is 283 g/mol. The number of sulfonamides is 1. The first-order valence-electron chi connectivity index (χ1n) is 6.51. The van der Waals surface area contributed by atoms with Crippen molar-refractivity contribution in [2.75, 3.05) is 10.5 Å². The molecule has 1 aliphatic rings. The maximum absolute atomic E-state index is 11.9. The van der Waals surface area contributed by atoms with Gasteiger partial charge in [0, 0.05) is 0 Å². The molecule has 5 heteroatoms. The Morgan fingerprint density at radius 1 is 1.32 bits per heavy atom. The van der Waals surface area contributed by atoms with E-state index in [1.807, 2.05) is 26.8 Å². The minimum Gasteiger partial charge on any atom is -0.506 e. The number of rotatable bonds is 4. The largest absolute Gasteiger partial charge is 0.506 e. The van der Waals surface area contributed by atoms with Gasteiger partial charge in [0.25, 0.3) is 0 Å². The Morgan fingerprint density at radius 2 is 1.95 bits per heavy atom. The van der Waals surface area contributed by atoms with Crippen LogP contribution in [0.5, 0.6) is 5.75 Å². The summed E-state index contributed by atoms with van der Waals surface area (Å²) in [7, 11) is -3.37. The number of anilines is 1. The lowest BCUT2D eigenvalue weighted by Crippen LogP contribution is -2.19. The molecule has 0 radical (unpaired) electrons. The zero-order valence-corrected chi connectivity index (χ0v) is 12.4. The van der Waals surface area contributed by atoms with Crippen LogP contribution in [-0.2, 0) is 15.4 Å². The Bertz CT molecular complexity index is 569. The molecule has 4 nitrogen and oxygen atoms in total. The van der Waals surface area contributed by atoms with Gasteiger partial charge in [-0.1, -0.05) is 26.8 Å². The van der Waals surface area contributed by atoms with Gasteiger partial charge in [0.1, 0.15) is 5.75 Å². The third-order valence-electron chi connectivity index (χ3n) is 3.28. The van der Waals surface area contributed by atoms with Crippen LogP contribution in [0, 0.1) is 5.92 Å². The first-order chi connectivity index (χ1) is 8.67. The van der Waals surface area contributed by atoms with Crippen molar-refractivity contribution in [3.05, 3.63) is 23.8 Å². The van der Waals surface area contributed by atoms with Crippen LogP contribution < -0.4 is 4.72 Å². The third-order valence-corrected chi connectivity index (χ3v) is 4.72. The van der Waals surface area contributed by atoms with Gasteiger partial charge in [0.05, 0.1) is 11.4 Å². The highest BCUT2D eigenvalue weighted by atomic mass is 32.2. The van der Waals surface area contributed by atoms with Crippen molar-refractivity contribution in [2.45, 2.75) is 39.0 Å². The molecule has 2 rings (SSSR count). The summed E-state index contributed by atoms with van der Waals surface area (Å²) in [5.74, 6) is 0.393. The van der Waals surface area contributed by atoms with Gasteiger partial charge in [0.15, 0.2) is 0 Å². The molecule has 106 valence electrons. The number of aromatic hydroxyl groups is 1. The van der Waals surface area contributed by atoms with Gasteiger partial charge in [0.2, 0.25) is 10.0 Å². The first-order valence-corrected chi connectivity index (χ1v) is 8.16. The van der Waals surface area contributed by atoms with Gasteiger partial charge in [-0.25, -0.2) is 8.42 Å². The smallest absolute Gasteiger partial charge is 0.233 e. The summed E-state index contributed by atoms with van der Waals surface area (Å²) in [6.45, 7) is 6.13. The minimum atomic E-state index is -3.37. The van der Waals surface area contributed by atoms with E-state index in [9.17, 15) is 13.5 Å². The van der Waals surface area contributed by atoms with E-state index in [-0.39, 0.29) is 28.5 Å². The molecular weight excluding hydrogens is 262 g/mol. The number of phenols is 1. The average molecular weight is 283 g/mol. The van der Waals surface area contributed by atoms with Gasteiger partial charge < -0.3 is 5.11 Å². The van der Waals surface area contributed by atoms with Crippen LogP contribution in [0.3, 0.4) is 0 Å². The summed E-state index contributed by atoms with van der Waals surface area (Å²) < 4.78 is 26.4. The standard InChI is InChI=1S/C14H21NO3S/c1-14(2,3)11-6-7-13(16)12(8-11)15-19(17,18)9-10-4-5-10/h6-8,10,15-16H,4-5,9H2,1-3H3. The van der Waals surface area contributed by atoms with Gasteiger partial charge >= 0.3 is 0 Å².